The van der Waals surface area contributed by atoms with E-state index in [1.165, 1.54) is 0 Å². The molecule has 18 heavy (non-hydrogen) atoms. The van der Waals surface area contributed by atoms with Crippen LogP contribution in [0.25, 0.3) is 11.4 Å². The van der Waals surface area contributed by atoms with Crippen LogP contribution >= 0.6 is 11.6 Å². The average Bonchev–Trinajstić information content (AvgIpc) is 2.78. The van der Waals surface area contributed by atoms with Gasteiger partial charge in [-0.05, 0) is 18.2 Å². The highest BCUT2D eigenvalue weighted by molar-refractivity contribution is 6.31. The van der Waals surface area contributed by atoms with E-state index >= 15 is 0 Å². The minimum Gasteiger partial charge on any atom is -0.325 e. The zero-order chi connectivity index (χ0) is 13.1. The third-order valence-corrected chi connectivity index (χ3v) is 2.51. The van der Waals surface area contributed by atoms with E-state index in [0.717, 1.165) is 0 Å². The lowest BCUT2D eigenvalue weighted by Crippen LogP contribution is -2.10. The molecule has 94 valence electrons. The van der Waals surface area contributed by atoms with Gasteiger partial charge in [0.2, 0.25) is 5.91 Å². The van der Waals surface area contributed by atoms with Gasteiger partial charge in [-0.15, -0.1) is 0 Å². The van der Waals surface area contributed by atoms with E-state index in [9.17, 15) is 9.59 Å². The van der Waals surface area contributed by atoms with E-state index in [1.54, 1.807) is 25.1 Å². The number of halogens is 1. The Balaban J connectivity index is 2.47. The molecule has 0 saturated carbocycles. The molecular weight excluding hydrogens is 258 g/mol. The highest BCUT2D eigenvalue weighted by atomic mass is 35.5. The number of anilines is 1. The number of nitrogens with one attached hydrogen (secondary N) is 2. The number of benzene rings is 1. The van der Waals surface area contributed by atoms with Gasteiger partial charge in [-0.25, -0.2) is 4.79 Å². The van der Waals surface area contributed by atoms with Crippen LogP contribution in [0, 0.1) is 0 Å². The molecule has 0 saturated heterocycles. The normalized spacial score (nSPS) is 10.3. The molecule has 0 bridgehead atoms. The Morgan fingerprint density at radius 3 is 2.94 bits per heavy atom. The second-order valence-electron chi connectivity index (χ2n) is 3.54. The van der Waals surface area contributed by atoms with Gasteiger partial charge in [-0.3, -0.25) is 14.3 Å². The molecule has 0 unspecified atom stereocenters. The number of rotatable bonds is 3. The van der Waals surface area contributed by atoms with Crippen molar-refractivity contribution >= 4 is 23.2 Å². The molecule has 0 fully saturated rings. The Morgan fingerprint density at radius 1 is 1.56 bits per heavy atom. The number of hydrogen-bond acceptors (Lipinski definition) is 4. The number of H-pyrrole nitrogens is 1. The van der Waals surface area contributed by atoms with E-state index in [2.05, 4.69) is 20.0 Å². The predicted molar refractivity (Wildman–Crippen MR) is 66.5 cm³/mol. The molecule has 2 rings (SSSR count). The summed E-state index contributed by atoms with van der Waals surface area (Å²) in [5.74, 6) is -0.601. The number of aromatic amines is 1. The Labute approximate surface area is 107 Å². The van der Waals surface area contributed by atoms with E-state index < -0.39 is 5.76 Å². The molecule has 2 aromatic rings. The van der Waals surface area contributed by atoms with E-state index in [-0.39, 0.29) is 11.7 Å². The summed E-state index contributed by atoms with van der Waals surface area (Å²) in [6.45, 7) is 1.74. The van der Waals surface area contributed by atoms with Crippen LogP contribution in [0.5, 0.6) is 0 Å². The van der Waals surface area contributed by atoms with Crippen molar-refractivity contribution in [2.75, 3.05) is 5.32 Å². The Kier molecular flexibility index (Phi) is 3.47. The Hall–Kier alpha value is -2.08. The Morgan fingerprint density at radius 2 is 2.33 bits per heavy atom. The molecule has 1 heterocycles. The van der Waals surface area contributed by atoms with Gasteiger partial charge in [0.05, 0.1) is 5.69 Å². The van der Waals surface area contributed by atoms with Crippen LogP contribution in [0.4, 0.5) is 5.69 Å². The minimum absolute atomic E-state index is 0.149. The SMILES string of the molecule is CCC(=O)Nc1ccc(Cl)cc1-c1noc(=O)[nH]1. The smallest absolute Gasteiger partial charge is 0.325 e. The van der Waals surface area contributed by atoms with E-state index in [1.807, 2.05) is 0 Å². The van der Waals surface area contributed by atoms with Crippen LogP contribution in [-0.2, 0) is 4.79 Å². The number of carbonyl (C=O) groups is 1. The summed E-state index contributed by atoms with van der Waals surface area (Å²) in [5.41, 5.74) is 1.01. The molecule has 0 aliphatic heterocycles. The standard InChI is InChI=1S/C11H10ClN3O3/c1-2-9(16)13-8-4-3-6(12)5-7(8)10-14-11(17)18-15-10/h3-5H,2H2,1H3,(H,13,16)(H,14,15,17). The van der Waals surface area contributed by atoms with Gasteiger partial charge in [0, 0.05) is 17.0 Å². The van der Waals surface area contributed by atoms with Crippen molar-refractivity contribution in [1.29, 1.82) is 0 Å². The zero-order valence-electron chi connectivity index (χ0n) is 9.49. The minimum atomic E-state index is -0.669. The summed E-state index contributed by atoms with van der Waals surface area (Å²) in [7, 11) is 0. The van der Waals surface area contributed by atoms with Crippen LogP contribution in [-0.4, -0.2) is 16.0 Å². The molecule has 0 radical (unpaired) electrons. The van der Waals surface area contributed by atoms with Gasteiger partial charge in [-0.1, -0.05) is 23.7 Å². The fourth-order valence-corrected chi connectivity index (χ4v) is 1.58. The monoisotopic (exact) mass is 267 g/mol. The second kappa shape index (κ2) is 5.05. The number of hydrogen-bond donors (Lipinski definition) is 2. The van der Waals surface area contributed by atoms with Crippen LogP contribution in [0.15, 0.2) is 27.5 Å². The number of carbonyl (C=O) groups excluding carboxylic acids is 1. The molecule has 7 heteroatoms. The van der Waals surface area contributed by atoms with Crippen molar-refractivity contribution in [3.63, 3.8) is 0 Å². The summed E-state index contributed by atoms with van der Waals surface area (Å²) in [6.07, 6.45) is 0.345. The van der Waals surface area contributed by atoms with Crippen molar-refractivity contribution < 1.29 is 9.32 Å². The number of aromatic nitrogens is 2. The molecule has 0 aliphatic rings. The van der Waals surface area contributed by atoms with E-state index in [4.69, 9.17) is 11.6 Å². The molecule has 1 aromatic carbocycles. The molecular formula is C11H10ClN3O3. The number of amides is 1. The van der Waals surface area contributed by atoms with Gasteiger partial charge in [0.25, 0.3) is 0 Å². The summed E-state index contributed by atoms with van der Waals surface area (Å²) in [5, 5.41) is 6.72. The largest absolute Gasteiger partial charge is 0.439 e. The molecule has 0 atom stereocenters. The summed E-state index contributed by atoms with van der Waals surface area (Å²) in [6, 6.07) is 4.85. The van der Waals surface area contributed by atoms with Crippen LogP contribution < -0.4 is 11.1 Å². The fraction of sp³-hybridized carbons (Fsp3) is 0.182. The molecule has 0 spiro atoms. The zero-order valence-corrected chi connectivity index (χ0v) is 10.2. The first-order chi connectivity index (χ1) is 8.60. The molecule has 0 aliphatic carbocycles. The topological polar surface area (TPSA) is 88.0 Å². The van der Waals surface area contributed by atoms with Gasteiger partial charge >= 0.3 is 5.76 Å². The van der Waals surface area contributed by atoms with Gasteiger partial charge < -0.3 is 5.32 Å². The molecule has 1 amide bonds. The van der Waals surface area contributed by atoms with E-state index in [0.29, 0.717) is 22.7 Å². The third kappa shape index (κ3) is 2.60. The highest BCUT2D eigenvalue weighted by Gasteiger charge is 2.12. The molecule has 6 nitrogen and oxygen atoms in total. The van der Waals surface area contributed by atoms with Crippen molar-refractivity contribution in [2.45, 2.75) is 13.3 Å². The Bertz CT molecular complexity index is 632. The van der Waals surface area contributed by atoms with Gasteiger partial charge in [0.15, 0.2) is 5.82 Å². The second-order valence-corrected chi connectivity index (χ2v) is 3.97. The lowest BCUT2D eigenvalue weighted by molar-refractivity contribution is -0.115. The van der Waals surface area contributed by atoms with Crippen LogP contribution in [0.3, 0.4) is 0 Å². The first-order valence-electron chi connectivity index (χ1n) is 5.26. The van der Waals surface area contributed by atoms with Gasteiger partial charge in [-0.2, -0.15) is 0 Å². The fourth-order valence-electron chi connectivity index (χ4n) is 1.41. The lowest BCUT2D eigenvalue weighted by Gasteiger charge is -2.08. The van der Waals surface area contributed by atoms with Crippen molar-refractivity contribution in [1.82, 2.24) is 10.1 Å². The third-order valence-electron chi connectivity index (χ3n) is 2.27. The van der Waals surface area contributed by atoms with Crippen molar-refractivity contribution in [3.05, 3.63) is 33.8 Å². The maximum Gasteiger partial charge on any atom is 0.439 e. The molecule has 1 aromatic heterocycles. The summed E-state index contributed by atoms with van der Waals surface area (Å²) < 4.78 is 4.43. The maximum atomic E-state index is 11.4. The lowest BCUT2D eigenvalue weighted by atomic mass is 10.1. The van der Waals surface area contributed by atoms with Crippen molar-refractivity contribution in [2.24, 2.45) is 0 Å². The average molecular weight is 268 g/mol. The van der Waals surface area contributed by atoms with Crippen LogP contribution in [0.1, 0.15) is 13.3 Å². The first-order valence-corrected chi connectivity index (χ1v) is 5.63. The van der Waals surface area contributed by atoms with Gasteiger partial charge in [0.1, 0.15) is 0 Å². The van der Waals surface area contributed by atoms with Crippen molar-refractivity contribution in [3.8, 4) is 11.4 Å². The molecule has 2 N–H and O–H groups in total. The van der Waals surface area contributed by atoms with Crippen LogP contribution in [0.2, 0.25) is 5.02 Å². The maximum absolute atomic E-state index is 11.4. The quantitative estimate of drug-likeness (QED) is 0.891. The first kappa shape index (κ1) is 12.4. The summed E-state index contributed by atoms with van der Waals surface area (Å²) >= 11 is 5.88. The summed E-state index contributed by atoms with van der Waals surface area (Å²) in [4.78, 5) is 24.7. The highest BCUT2D eigenvalue weighted by Crippen LogP contribution is 2.28. The predicted octanol–water partition coefficient (Wildman–Crippen LogP) is 2.03. The number of nitrogens with zero attached hydrogens (tertiary/aromatic N) is 1.